The molecule has 172 valence electrons. The summed E-state index contributed by atoms with van der Waals surface area (Å²) in [6.07, 6.45) is 2.79. The highest BCUT2D eigenvalue weighted by atomic mass is 35.5. The van der Waals surface area contributed by atoms with Crippen molar-refractivity contribution in [3.8, 4) is 5.75 Å². The van der Waals surface area contributed by atoms with Crippen LogP contribution >= 0.6 is 11.6 Å². The van der Waals surface area contributed by atoms with E-state index in [2.05, 4.69) is 10.6 Å². The first-order valence-electron chi connectivity index (χ1n) is 10.3. The zero-order valence-electron chi connectivity index (χ0n) is 17.7. The molecule has 0 aromatic heterocycles. The molecule has 0 aliphatic carbocycles. The summed E-state index contributed by atoms with van der Waals surface area (Å²) in [5.41, 5.74) is 0.471. The molecule has 3 rings (SSSR count). The van der Waals surface area contributed by atoms with Gasteiger partial charge in [-0.25, -0.2) is 8.42 Å². The third-order valence-corrected chi connectivity index (χ3v) is 7.53. The Bertz CT molecular complexity index is 1040. The number of rotatable bonds is 7. The maximum atomic E-state index is 13.1. The van der Waals surface area contributed by atoms with Gasteiger partial charge in [-0.2, -0.15) is 4.31 Å². The molecule has 1 aliphatic rings. The van der Waals surface area contributed by atoms with E-state index in [0.29, 0.717) is 35.8 Å². The van der Waals surface area contributed by atoms with E-state index in [-0.39, 0.29) is 17.5 Å². The molecule has 2 aromatic carbocycles. The van der Waals surface area contributed by atoms with Crippen molar-refractivity contribution in [3.05, 3.63) is 53.6 Å². The number of amides is 2. The van der Waals surface area contributed by atoms with E-state index in [1.54, 1.807) is 36.4 Å². The van der Waals surface area contributed by atoms with Gasteiger partial charge in [-0.15, -0.1) is 0 Å². The average molecular weight is 480 g/mol. The number of carbonyl (C=O) groups excluding carboxylic acids is 2. The van der Waals surface area contributed by atoms with Crippen molar-refractivity contribution in [1.82, 2.24) is 9.62 Å². The second kappa shape index (κ2) is 10.8. The fraction of sp³-hybridized carbons (Fsp3) is 0.364. The number of carbonyl (C=O) groups is 2. The second-order valence-corrected chi connectivity index (χ2v) is 9.77. The van der Waals surface area contributed by atoms with Crippen LogP contribution in [-0.2, 0) is 19.6 Å². The van der Waals surface area contributed by atoms with E-state index in [1.807, 2.05) is 0 Å². The molecular weight excluding hydrogens is 454 g/mol. The Morgan fingerprint density at radius 2 is 1.75 bits per heavy atom. The summed E-state index contributed by atoms with van der Waals surface area (Å²) < 4.78 is 32.7. The van der Waals surface area contributed by atoms with Gasteiger partial charge >= 0.3 is 11.8 Å². The molecule has 0 saturated carbocycles. The van der Waals surface area contributed by atoms with Gasteiger partial charge in [0.05, 0.1) is 12.0 Å². The molecule has 0 radical (unpaired) electrons. The zero-order chi connectivity index (χ0) is 23.1. The number of methoxy groups -OCH3 is 1. The quantitative estimate of drug-likeness (QED) is 0.594. The molecule has 10 heteroatoms. The highest BCUT2D eigenvalue weighted by Crippen LogP contribution is 2.27. The van der Waals surface area contributed by atoms with Crippen LogP contribution < -0.4 is 15.4 Å². The van der Waals surface area contributed by atoms with Gasteiger partial charge in [-0.1, -0.05) is 18.0 Å². The highest BCUT2D eigenvalue weighted by molar-refractivity contribution is 7.89. The SMILES string of the molecule is COc1ccc(NC(=O)C(=O)NCCC2CCCCN2S(=O)(=O)c2ccc(Cl)cc2)cc1. The number of halogens is 1. The van der Waals surface area contributed by atoms with E-state index < -0.39 is 21.8 Å². The largest absolute Gasteiger partial charge is 0.497 e. The summed E-state index contributed by atoms with van der Waals surface area (Å²) in [5, 5.41) is 5.56. The highest BCUT2D eigenvalue weighted by Gasteiger charge is 2.33. The third-order valence-electron chi connectivity index (χ3n) is 5.31. The number of sulfonamides is 1. The minimum Gasteiger partial charge on any atom is -0.497 e. The monoisotopic (exact) mass is 479 g/mol. The summed E-state index contributed by atoms with van der Waals surface area (Å²) in [6.45, 7) is 0.605. The molecule has 1 aliphatic heterocycles. The summed E-state index contributed by atoms with van der Waals surface area (Å²) in [5.74, 6) is -0.925. The van der Waals surface area contributed by atoms with Crippen LogP contribution in [0.1, 0.15) is 25.7 Å². The van der Waals surface area contributed by atoms with Gasteiger partial charge < -0.3 is 15.4 Å². The van der Waals surface area contributed by atoms with Crippen LogP contribution in [0.3, 0.4) is 0 Å². The number of anilines is 1. The predicted octanol–water partition coefficient (Wildman–Crippen LogP) is 3.04. The topological polar surface area (TPSA) is 105 Å². The smallest absolute Gasteiger partial charge is 0.313 e. The summed E-state index contributed by atoms with van der Waals surface area (Å²) in [6, 6.07) is 12.4. The van der Waals surface area contributed by atoms with E-state index in [1.165, 1.54) is 23.5 Å². The first-order valence-corrected chi connectivity index (χ1v) is 12.1. The molecule has 1 fully saturated rings. The van der Waals surface area contributed by atoms with Crippen molar-refractivity contribution in [2.24, 2.45) is 0 Å². The number of hydrogen-bond acceptors (Lipinski definition) is 5. The summed E-state index contributed by atoms with van der Waals surface area (Å²) >= 11 is 5.88. The van der Waals surface area contributed by atoms with Crippen LogP contribution in [0.2, 0.25) is 5.02 Å². The number of nitrogens with one attached hydrogen (secondary N) is 2. The number of piperidine rings is 1. The van der Waals surface area contributed by atoms with Gasteiger partial charge in [0, 0.05) is 29.8 Å². The second-order valence-electron chi connectivity index (χ2n) is 7.45. The lowest BCUT2D eigenvalue weighted by atomic mass is 10.0. The first kappa shape index (κ1) is 24.0. The Morgan fingerprint density at radius 3 is 2.41 bits per heavy atom. The predicted molar refractivity (Wildman–Crippen MR) is 122 cm³/mol. The van der Waals surface area contributed by atoms with Crippen LogP contribution in [0.5, 0.6) is 5.75 Å². The number of ether oxygens (including phenoxy) is 1. The summed E-state index contributed by atoms with van der Waals surface area (Å²) in [4.78, 5) is 24.5. The summed E-state index contributed by atoms with van der Waals surface area (Å²) in [7, 11) is -2.13. The van der Waals surface area contributed by atoms with Crippen LogP contribution in [0.15, 0.2) is 53.4 Å². The van der Waals surface area contributed by atoms with Crippen molar-refractivity contribution in [3.63, 3.8) is 0 Å². The molecule has 1 heterocycles. The molecule has 8 nitrogen and oxygen atoms in total. The lowest BCUT2D eigenvalue weighted by molar-refractivity contribution is -0.136. The molecule has 1 unspecified atom stereocenters. The van der Waals surface area contributed by atoms with Gasteiger partial charge in [0.25, 0.3) is 0 Å². The molecular formula is C22H26ClN3O5S. The fourth-order valence-electron chi connectivity index (χ4n) is 3.62. The Labute approximate surface area is 192 Å². The zero-order valence-corrected chi connectivity index (χ0v) is 19.3. The Balaban J connectivity index is 1.55. The lowest BCUT2D eigenvalue weighted by Crippen LogP contribution is -2.45. The van der Waals surface area contributed by atoms with E-state index in [0.717, 1.165) is 12.8 Å². The van der Waals surface area contributed by atoms with Crippen molar-refractivity contribution in [2.75, 3.05) is 25.5 Å². The van der Waals surface area contributed by atoms with Crippen molar-refractivity contribution in [2.45, 2.75) is 36.6 Å². The Hall–Kier alpha value is -2.62. The van der Waals surface area contributed by atoms with Crippen molar-refractivity contribution < 1.29 is 22.7 Å². The molecule has 2 amide bonds. The number of nitrogens with zero attached hydrogens (tertiary/aromatic N) is 1. The molecule has 2 aromatic rings. The van der Waals surface area contributed by atoms with Crippen LogP contribution in [0, 0.1) is 0 Å². The average Bonchev–Trinajstić information content (AvgIpc) is 2.80. The maximum Gasteiger partial charge on any atom is 0.313 e. The molecule has 32 heavy (non-hydrogen) atoms. The van der Waals surface area contributed by atoms with Crippen LogP contribution in [0.25, 0.3) is 0 Å². The Morgan fingerprint density at radius 1 is 1.06 bits per heavy atom. The Kier molecular flexibility index (Phi) is 8.11. The maximum absolute atomic E-state index is 13.1. The van der Waals surface area contributed by atoms with Gasteiger partial charge in [-0.05, 0) is 67.8 Å². The third kappa shape index (κ3) is 5.99. The fourth-order valence-corrected chi connectivity index (χ4v) is 5.47. The standard InChI is InChI=1S/C22H26ClN3O5S/c1-31-19-9-7-17(8-10-19)25-22(28)21(27)24-14-13-18-4-2-3-15-26(18)32(29,30)20-11-5-16(23)6-12-20/h5-12,18H,2-4,13-15H2,1H3,(H,24,27)(H,25,28). The minimum absolute atomic E-state index is 0.187. The van der Waals surface area contributed by atoms with Crippen LogP contribution in [0.4, 0.5) is 5.69 Å². The molecule has 2 N–H and O–H groups in total. The van der Waals surface area contributed by atoms with E-state index in [4.69, 9.17) is 16.3 Å². The van der Waals surface area contributed by atoms with Gasteiger partial charge in [0.1, 0.15) is 5.75 Å². The molecule has 1 saturated heterocycles. The van der Waals surface area contributed by atoms with Crippen LogP contribution in [-0.4, -0.2) is 50.8 Å². The molecule has 0 spiro atoms. The lowest BCUT2D eigenvalue weighted by Gasteiger charge is -2.34. The van der Waals surface area contributed by atoms with Crippen molar-refractivity contribution in [1.29, 1.82) is 0 Å². The number of hydrogen-bond donors (Lipinski definition) is 2. The minimum atomic E-state index is -3.67. The van der Waals surface area contributed by atoms with Gasteiger partial charge in [0.15, 0.2) is 0 Å². The first-order chi connectivity index (χ1) is 15.3. The molecule has 0 bridgehead atoms. The molecule has 1 atom stereocenters. The normalized spacial score (nSPS) is 16.9. The van der Waals surface area contributed by atoms with E-state index >= 15 is 0 Å². The number of benzene rings is 2. The van der Waals surface area contributed by atoms with Gasteiger partial charge in [0.2, 0.25) is 10.0 Å². The van der Waals surface area contributed by atoms with E-state index in [9.17, 15) is 18.0 Å². The van der Waals surface area contributed by atoms with Gasteiger partial charge in [-0.3, -0.25) is 9.59 Å². The van der Waals surface area contributed by atoms with Crippen molar-refractivity contribution >= 4 is 39.1 Å².